The zero-order valence-corrected chi connectivity index (χ0v) is 32.4. The number of rotatable bonds is 4. The lowest BCUT2D eigenvalue weighted by Crippen LogP contribution is -2.07. The van der Waals surface area contributed by atoms with Gasteiger partial charge in [0.05, 0.1) is 11.4 Å². The predicted molar refractivity (Wildman–Crippen MR) is 250 cm³/mol. The minimum atomic E-state index is 0.657. The van der Waals surface area contributed by atoms with Crippen LogP contribution in [0.4, 0.5) is 0 Å². The van der Waals surface area contributed by atoms with Crippen molar-refractivity contribution in [1.82, 2.24) is 0 Å². The van der Waals surface area contributed by atoms with Gasteiger partial charge >= 0.3 is 0 Å². The van der Waals surface area contributed by atoms with Gasteiger partial charge in [-0.05, 0) is 102 Å². The molecule has 0 atom stereocenters. The highest BCUT2D eigenvalue weighted by molar-refractivity contribution is 6.26. The third-order valence-electron chi connectivity index (χ3n) is 12.3. The molecule has 2 heterocycles. The van der Waals surface area contributed by atoms with E-state index in [0.29, 0.717) is 12.3 Å². The highest BCUT2D eigenvalue weighted by Crippen LogP contribution is 2.41. The first-order valence-electron chi connectivity index (χ1n) is 20.3. The zero-order valence-electron chi connectivity index (χ0n) is 32.4. The summed E-state index contributed by atoms with van der Waals surface area (Å²) < 4.78 is 6.34. The molecule has 1 aliphatic rings. The molecule has 12 rings (SSSR count). The van der Waals surface area contributed by atoms with E-state index in [9.17, 15) is 0 Å². The maximum atomic E-state index is 6.34. The minimum absolute atomic E-state index is 0.657. The van der Waals surface area contributed by atoms with Gasteiger partial charge < -0.3 is 4.42 Å². The second-order valence-corrected chi connectivity index (χ2v) is 15.7. The molecule has 0 radical (unpaired) electrons. The van der Waals surface area contributed by atoms with Gasteiger partial charge in [-0.25, -0.2) is 9.98 Å². The maximum Gasteiger partial charge on any atom is 0.160 e. The van der Waals surface area contributed by atoms with Crippen molar-refractivity contribution in [3.8, 4) is 11.1 Å². The van der Waals surface area contributed by atoms with Gasteiger partial charge in [-0.15, -0.1) is 0 Å². The number of fused-ring (bicyclic) bond motifs is 10. The van der Waals surface area contributed by atoms with E-state index in [2.05, 4.69) is 183 Å². The molecular formula is C56H36N2O. The van der Waals surface area contributed by atoms with Crippen molar-refractivity contribution in [3.63, 3.8) is 0 Å². The van der Waals surface area contributed by atoms with Gasteiger partial charge in [-0.3, -0.25) is 0 Å². The van der Waals surface area contributed by atoms with Crippen LogP contribution in [-0.2, 0) is 0 Å². The van der Waals surface area contributed by atoms with Gasteiger partial charge in [0.25, 0.3) is 0 Å². The van der Waals surface area contributed by atoms with Crippen molar-refractivity contribution in [2.75, 3.05) is 0 Å². The number of hydrogen-bond acceptors (Lipinski definition) is 3. The number of aliphatic imine (C=N–C) groups is 2. The van der Waals surface area contributed by atoms with Crippen LogP contribution in [0.3, 0.4) is 0 Å². The van der Waals surface area contributed by atoms with Crippen molar-refractivity contribution in [3.05, 3.63) is 210 Å². The highest BCUT2D eigenvalue weighted by atomic mass is 16.3. The van der Waals surface area contributed by atoms with Gasteiger partial charge in [0.2, 0.25) is 0 Å². The number of benzene rings is 10. The van der Waals surface area contributed by atoms with Gasteiger partial charge in [0.15, 0.2) is 5.84 Å². The van der Waals surface area contributed by atoms with E-state index in [1.54, 1.807) is 0 Å². The zero-order chi connectivity index (χ0) is 39.0. The largest absolute Gasteiger partial charge is 0.456 e. The van der Waals surface area contributed by atoms with Crippen LogP contribution in [0.1, 0.15) is 30.0 Å². The Bertz CT molecular complexity index is 3660. The molecule has 0 saturated carbocycles. The summed E-state index contributed by atoms with van der Waals surface area (Å²) >= 11 is 0. The fourth-order valence-corrected chi connectivity index (χ4v) is 9.50. The Hall–Kier alpha value is -7.62. The number of nitrogens with zero attached hydrogens (tertiary/aromatic N) is 2. The average molecular weight is 753 g/mol. The summed E-state index contributed by atoms with van der Waals surface area (Å²) in [6.07, 6.45) is 0.657. The van der Waals surface area contributed by atoms with Crippen LogP contribution >= 0.6 is 0 Å². The Morgan fingerprint density at radius 2 is 0.949 bits per heavy atom. The summed E-state index contributed by atoms with van der Waals surface area (Å²) in [5, 5.41) is 14.2. The van der Waals surface area contributed by atoms with Crippen molar-refractivity contribution >= 4 is 93.0 Å². The molecule has 276 valence electrons. The standard InChI is InChI=1S/C56H36N2O/c1-34-31-51(50-32-37-14-3-5-16-40(37)41-17-6-7-18-45(41)50)57-56(58-55(34)38-30-29-36-28-27-35-13-2-4-15-39(35)49(36)33-38)47-24-11-20-42-43(21-10-22-44(42)47)46-23-12-26-53-54(46)48-19-8-9-25-52(48)59-53/h2-30,32-33H,31H2,1H3. The number of para-hydroxylation sites is 1. The summed E-state index contributed by atoms with van der Waals surface area (Å²) in [6, 6.07) is 67.4. The smallest absolute Gasteiger partial charge is 0.160 e. The fourth-order valence-electron chi connectivity index (χ4n) is 9.50. The molecule has 0 saturated heterocycles. The lowest BCUT2D eigenvalue weighted by Gasteiger charge is -2.14. The normalized spacial score (nSPS) is 13.6. The Morgan fingerprint density at radius 3 is 1.78 bits per heavy atom. The first-order valence-corrected chi connectivity index (χ1v) is 20.3. The fraction of sp³-hybridized carbons (Fsp3) is 0.0357. The second kappa shape index (κ2) is 13.2. The lowest BCUT2D eigenvalue weighted by molar-refractivity contribution is 0.669. The molecule has 11 aromatic rings. The Kier molecular flexibility index (Phi) is 7.51. The van der Waals surface area contributed by atoms with Crippen LogP contribution in [0.2, 0.25) is 0 Å². The van der Waals surface area contributed by atoms with E-state index in [4.69, 9.17) is 14.4 Å². The molecule has 0 unspecified atom stereocenters. The topological polar surface area (TPSA) is 37.9 Å². The van der Waals surface area contributed by atoms with E-state index in [-0.39, 0.29) is 0 Å². The van der Waals surface area contributed by atoms with E-state index in [1.807, 2.05) is 12.1 Å². The van der Waals surface area contributed by atoms with Crippen LogP contribution in [0, 0.1) is 0 Å². The monoisotopic (exact) mass is 752 g/mol. The van der Waals surface area contributed by atoms with Gasteiger partial charge in [0, 0.05) is 33.9 Å². The first-order chi connectivity index (χ1) is 29.2. The van der Waals surface area contributed by atoms with Crippen molar-refractivity contribution < 1.29 is 4.42 Å². The SMILES string of the molecule is CC1=C(c2ccc3ccc4ccccc4c3c2)N=C(c2cccc3c(-c4cccc5oc6ccccc6c45)cccc23)N=C(c2cc3ccccc3c3ccccc23)C1. The third-order valence-corrected chi connectivity index (χ3v) is 12.3. The molecule has 10 aromatic carbocycles. The quantitative estimate of drug-likeness (QED) is 0.165. The number of hydrogen-bond donors (Lipinski definition) is 0. The van der Waals surface area contributed by atoms with Crippen LogP contribution < -0.4 is 0 Å². The number of furan rings is 1. The Labute approximate surface area is 340 Å². The molecule has 1 aromatic heterocycles. The molecule has 59 heavy (non-hydrogen) atoms. The summed E-state index contributed by atoms with van der Waals surface area (Å²) in [5.41, 5.74) is 10.4. The summed E-state index contributed by atoms with van der Waals surface area (Å²) in [7, 11) is 0. The Morgan fingerprint density at radius 1 is 0.390 bits per heavy atom. The van der Waals surface area contributed by atoms with E-state index in [0.717, 1.165) is 71.9 Å². The molecule has 0 fully saturated rings. The molecular weight excluding hydrogens is 717 g/mol. The van der Waals surface area contributed by atoms with E-state index >= 15 is 0 Å². The number of amidine groups is 1. The predicted octanol–water partition coefficient (Wildman–Crippen LogP) is 15.1. The van der Waals surface area contributed by atoms with E-state index in [1.165, 1.54) is 48.7 Å². The average Bonchev–Trinajstić information content (AvgIpc) is 3.59. The van der Waals surface area contributed by atoms with Crippen LogP contribution in [-0.4, -0.2) is 11.5 Å². The second-order valence-electron chi connectivity index (χ2n) is 15.7. The molecule has 1 aliphatic heterocycles. The molecule has 0 N–H and O–H groups in total. The van der Waals surface area contributed by atoms with Crippen molar-refractivity contribution in [2.24, 2.45) is 9.98 Å². The summed E-state index contributed by atoms with van der Waals surface area (Å²) in [5.74, 6) is 0.705. The first kappa shape index (κ1) is 33.5. The van der Waals surface area contributed by atoms with Gasteiger partial charge in [-0.1, -0.05) is 164 Å². The highest BCUT2D eigenvalue weighted by Gasteiger charge is 2.22. The third kappa shape index (κ3) is 5.36. The van der Waals surface area contributed by atoms with Crippen molar-refractivity contribution in [1.29, 1.82) is 0 Å². The van der Waals surface area contributed by atoms with Crippen LogP contribution in [0.5, 0.6) is 0 Å². The maximum absolute atomic E-state index is 6.34. The van der Waals surface area contributed by atoms with E-state index < -0.39 is 0 Å². The molecule has 3 nitrogen and oxygen atoms in total. The van der Waals surface area contributed by atoms with Crippen molar-refractivity contribution in [2.45, 2.75) is 13.3 Å². The lowest BCUT2D eigenvalue weighted by atomic mass is 9.91. The summed E-state index contributed by atoms with van der Waals surface area (Å²) in [4.78, 5) is 11.3. The summed E-state index contributed by atoms with van der Waals surface area (Å²) in [6.45, 7) is 2.23. The van der Waals surface area contributed by atoms with Crippen LogP contribution in [0.25, 0.3) is 92.6 Å². The number of allylic oxidation sites excluding steroid dienone is 1. The Balaban J connectivity index is 1.11. The molecule has 0 spiro atoms. The molecule has 0 amide bonds. The van der Waals surface area contributed by atoms with Crippen LogP contribution in [0.15, 0.2) is 208 Å². The molecule has 0 bridgehead atoms. The van der Waals surface area contributed by atoms with Gasteiger partial charge in [0.1, 0.15) is 11.2 Å². The molecule has 0 aliphatic carbocycles. The van der Waals surface area contributed by atoms with Gasteiger partial charge in [-0.2, -0.15) is 0 Å². The minimum Gasteiger partial charge on any atom is -0.456 e. The molecule has 3 heteroatoms.